The van der Waals surface area contributed by atoms with Gasteiger partial charge in [-0.1, -0.05) is 12.1 Å². The van der Waals surface area contributed by atoms with Crippen molar-refractivity contribution in [3.63, 3.8) is 0 Å². The van der Waals surface area contributed by atoms with E-state index in [1.807, 2.05) is 4.90 Å². The second-order valence-electron chi connectivity index (χ2n) is 7.45. The van der Waals surface area contributed by atoms with E-state index in [2.05, 4.69) is 15.4 Å². The number of nitro groups is 1. The van der Waals surface area contributed by atoms with Gasteiger partial charge in [-0.05, 0) is 18.2 Å². The molecular weight excluding hydrogens is 457 g/mol. The summed E-state index contributed by atoms with van der Waals surface area (Å²) in [7, 11) is 0. The number of morpholine rings is 1. The summed E-state index contributed by atoms with van der Waals surface area (Å²) in [4.78, 5) is 29.0. The Bertz CT molecular complexity index is 1210. The minimum atomic E-state index is -4.57. The quantitative estimate of drug-likeness (QED) is 0.429. The third-order valence-electron chi connectivity index (χ3n) is 5.11. The number of aromatic nitrogens is 3. The molecule has 10 nitrogen and oxygen atoms in total. The predicted molar refractivity (Wildman–Crippen MR) is 115 cm³/mol. The largest absolute Gasteiger partial charge is 0.416 e. The maximum absolute atomic E-state index is 13.3. The number of rotatable bonds is 6. The molecule has 0 bridgehead atoms. The smallest absolute Gasteiger partial charge is 0.378 e. The van der Waals surface area contributed by atoms with Gasteiger partial charge in [-0.2, -0.15) is 18.3 Å². The number of ether oxygens (including phenoxy) is 1. The van der Waals surface area contributed by atoms with Crippen molar-refractivity contribution in [1.29, 1.82) is 0 Å². The summed E-state index contributed by atoms with van der Waals surface area (Å²) in [6.07, 6.45) is -3.30. The van der Waals surface area contributed by atoms with Gasteiger partial charge in [0.05, 0.1) is 35.1 Å². The van der Waals surface area contributed by atoms with Crippen molar-refractivity contribution in [2.45, 2.75) is 12.7 Å². The molecule has 1 fully saturated rings. The first-order valence-electron chi connectivity index (χ1n) is 10.2. The van der Waals surface area contributed by atoms with Crippen molar-refractivity contribution in [3.05, 3.63) is 64.5 Å². The molecule has 1 aromatic heterocycles. The van der Waals surface area contributed by atoms with Crippen LogP contribution in [-0.4, -0.2) is 51.9 Å². The van der Waals surface area contributed by atoms with Crippen molar-refractivity contribution in [2.24, 2.45) is 0 Å². The lowest BCUT2D eigenvalue weighted by Gasteiger charge is -2.31. The van der Waals surface area contributed by atoms with Crippen LogP contribution >= 0.6 is 0 Å². The van der Waals surface area contributed by atoms with Gasteiger partial charge in [-0.25, -0.2) is 9.67 Å². The molecule has 178 valence electrons. The SMILES string of the molecule is O=C(Cn1cnc(-c2cccc([N+](=O)[O-])c2)n1)Nc1cc(C(F)(F)F)ccc1N1CCOCC1. The van der Waals surface area contributed by atoms with Gasteiger partial charge in [0.1, 0.15) is 12.9 Å². The highest BCUT2D eigenvalue weighted by Gasteiger charge is 2.32. The third-order valence-corrected chi connectivity index (χ3v) is 5.11. The second kappa shape index (κ2) is 9.47. The molecule has 1 aliphatic rings. The minimum absolute atomic E-state index is 0.0285. The number of non-ortho nitro benzene ring substituents is 1. The van der Waals surface area contributed by atoms with Gasteiger partial charge in [0.2, 0.25) is 5.91 Å². The molecule has 34 heavy (non-hydrogen) atoms. The zero-order valence-corrected chi connectivity index (χ0v) is 17.7. The Kier molecular flexibility index (Phi) is 6.45. The van der Waals surface area contributed by atoms with E-state index in [1.54, 1.807) is 6.07 Å². The molecule has 1 aliphatic heterocycles. The van der Waals surface area contributed by atoms with Crippen molar-refractivity contribution < 1.29 is 27.6 Å². The van der Waals surface area contributed by atoms with Crippen LogP contribution in [0.1, 0.15) is 5.56 Å². The summed E-state index contributed by atoms with van der Waals surface area (Å²) in [5, 5.41) is 17.7. The summed E-state index contributed by atoms with van der Waals surface area (Å²) < 4.78 is 46.3. The maximum atomic E-state index is 13.3. The molecule has 13 heteroatoms. The first-order valence-corrected chi connectivity index (χ1v) is 10.2. The minimum Gasteiger partial charge on any atom is -0.378 e. The zero-order chi connectivity index (χ0) is 24.3. The highest BCUT2D eigenvalue weighted by atomic mass is 19.4. The van der Waals surface area contributed by atoms with E-state index < -0.39 is 22.6 Å². The standard InChI is InChI=1S/C21H19F3N6O4/c22-21(23,24)15-4-5-18(28-6-8-34-9-7-28)17(11-15)26-19(31)12-29-13-25-20(27-29)14-2-1-3-16(10-14)30(32)33/h1-5,10-11,13H,6-9,12H2,(H,26,31). The van der Waals surface area contributed by atoms with E-state index in [4.69, 9.17) is 4.74 Å². The van der Waals surface area contributed by atoms with Crippen LogP contribution in [0.15, 0.2) is 48.8 Å². The fraction of sp³-hybridized carbons (Fsp3) is 0.286. The Morgan fingerprint density at radius 1 is 1.18 bits per heavy atom. The third kappa shape index (κ3) is 5.31. The Morgan fingerprint density at radius 2 is 1.94 bits per heavy atom. The number of halogens is 3. The molecule has 0 unspecified atom stereocenters. The van der Waals surface area contributed by atoms with Crippen LogP contribution in [-0.2, 0) is 22.3 Å². The number of anilines is 2. The van der Waals surface area contributed by atoms with E-state index in [-0.39, 0.29) is 23.7 Å². The van der Waals surface area contributed by atoms with Crippen LogP contribution in [0.5, 0.6) is 0 Å². The molecule has 0 spiro atoms. The van der Waals surface area contributed by atoms with E-state index in [0.717, 1.165) is 12.1 Å². The number of nitro benzene ring substituents is 1. The van der Waals surface area contributed by atoms with E-state index in [9.17, 15) is 28.1 Å². The Morgan fingerprint density at radius 3 is 2.65 bits per heavy atom. The molecule has 0 atom stereocenters. The van der Waals surface area contributed by atoms with Crippen molar-refractivity contribution in [1.82, 2.24) is 14.8 Å². The Balaban J connectivity index is 1.52. The van der Waals surface area contributed by atoms with Gasteiger partial charge in [-0.15, -0.1) is 0 Å². The van der Waals surface area contributed by atoms with Gasteiger partial charge in [0, 0.05) is 30.8 Å². The van der Waals surface area contributed by atoms with Gasteiger partial charge in [0.15, 0.2) is 5.82 Å². The fourth-order valence-corrected chi connectivity index (χ4v) is 3.49. The zero-order valence-electron chi connectivity index (χ0n) is 17.7. The lowest BCUT2D eigenvalue weighted by Crippen LogP contribution is -2.37. The van der Waals surface area contributed by atoms with Crippen molar-refractivity contribution in [3.8, 4) is 11.4 Å². The highest BCUT2D eigenvalue weighted by Crippen LogP contribution is 2.35. The van der Waals surface area contributed by atoms with Crippen molar-refractivity contribution in [2.75, 3.05) is 36.5 Å². The number of alkyl halides is 3. The first-order chi connectivity index (χ1) is 16.2. The number of nitrogens with one attached hydrogen (secondary N) is 1. The summed E-state index contributed by atoms with van der Waals surface area (Å²) in [6, 6.07) is 8.92. The number of hydrogen-bond donors (Lipinski definition) is 1. The number of benzene rings is 2. The van der Waals surface area contributed by atoms with Gasteiger partial charge >= 0.3 is 6.18 Å². The molecule has 1 saturated heterocycles. The Labute approximate surface area is 191 Å². The number of hydrogen-bond acceptors (Lipinski definition) is 7. The molecule has 4 rings (SSSR count). The number of amides is 1. The molecular formula is C21H19F3N6O4. The van der Waals surface area contributed by atoms with Gasteiger partial charge in [-0.3, -0.25) is 14.9 Å². The van der Waals surface area contributed by atoms with Crippen LogP contribution in [0.4, 0.5) is 30.2 Å². The maximum Gasteiger partial charge on any atom is 0.416 e. The lowest BCUT2D eigenvalue weighted by atomic mass is 10.1. The van der Waals surface area contributed by atoms with Crippen LogP contribution in [0.25, 0.3) is 11.4 Å². The van der Waals surface area contributed by atoms with Crippen LogP contribution in [0.2, 0.25) is 0 Å². The number of nitrogens with zero attached hydrogens (tertiary/aromatic N) is 5. The summed E-state index contributed by atoms with van der Waals surface area (Å²) >= 11 is 0. The molecule has 0 aliphatic carbocycles. The van der Waals surface area contributed by atoms with E-state index in [1.165, 1.54) is 35.3 Å². The number of carbonyl (C=O) groups excluding carboxylic acids is 1. The normalized spacial score (nSPS) is 14.1. The number of carbonyl (C=O) groups is 1. The van der Waals surface area contributed by atoms with Crippen LogP contribution in [0.3, 0.4) is 0 Å². The topological polar surface area (TPSA) is 115 Å². The van der Waals surface area contributed by atoms with Gasteiger partial charge < -0.3 is 15.0 Å². The Hall–Kier alpha value is -4.00. The second-order valence-corrected chi connectivity index (χ2v) is 7.45. The predicted octanol–water partition coefficient (Wildman–Crippen LogP) is 3.35. The summed E-state index contributed by atoms with van der Waals surface area (Å²) in [5.74, 6) is -0.436. The van der Waals surface area contributed by atoms with E-state index >= 15 is 0 Å². The molecule has 2 aromatic carbocycles. The highest BCUT2D eigenvalue weighted by molar-refractivity contribution is 5.94. The molecule has 1 N–H and O–H groups in total. The lowest BCUT2D eigenvalue weighted by molar-refractivity contribution is -0.384. The van der Waals surface area contributed by atoms with Crippen molar-refractivity contribution >= 4 is 23.0 Å². The average molecular weight is 476 g/mol. The summed E-state index contributed by atoms with van der Waals surface area (Å²) in [5.41, 5.74) is -0.137. The fourth-order valence-electron chi connectivity index (χ4n) is 3.49. The van der Waals surface area contributed by atoms with Crippen LogP contribution in [0, 0.1) is 10.1 Å². The molecule has 2 heterocycles. The summed E-state index contributed by atoms with van der Waals surface area (Å²) in [6.45, 7) is 1.48. The molecule has 0 saturated carbocycles. The molecule has 1 amide bonds. The molecule has 3 aromatic rings. The first kappa shape index (κ1) is 23.2. The van der Waals surface area contributed by atoms with Crippen LogP contribution < -0.4 is 10.2 Å². The average Bonchev–Trinajstić information content (AvgIpc) is 3.27. The van der Waals surface area contributed by atoms with E-state index in [0.29, 0.717) is 37.6 Å². The monoisotopic (exact) mass is 476 g/mol. The molecule has 0 radical (unpaired) electrons. The van der Waals surface area contributed by atoms with Gasteiger partial charge in [0.25, 0.3) is 5.69 Å².